The molecule has 320 valence electrons. The maximum absolute atomic E-state index is 14.1. The molecule has 1 aromatic rings. The van der Waals surface area contributed by atoms with Gasteiger partial charge in [0.25, 0.3) is 0 Å². The first-order valence-corrected chi connectivity index (χ1v) is 22.5. The lowest BCUT2D eigenvalue weighted by Crippen LogP contribution is -2.65. The summed E-state index contributed by atoms with van der Waals surface area (Å²) in [5, 5.41) is 3.80. The van der Waals surface area contributed by atoms with Crippen molar-refractivity contribution in [2.45, 2.75) is 172 Å². The standard InChI is InChI=1S/C50H72ClNO6/c1-30(2)41-35(53)28-50(25-22-39(54)52-31(3)32-14-16-33(51)17-15-32)27-26-48(12)34(42(41)50)18-19-37-47(11)23-21-38(46(9,10)36(47)20-24-49(37,48)13)57-40(55)29-45(7,8)43(56)58-44(4,5)6/h14-17,22,25,30-31,34,36-38H,18-21,23-24,26-29H2,1-13H3,(H,52,54)/b25-22+/t31-,34+,36-,37+,38-,47-,48+,49+,50-/m0/s1. The number of hydrogen-bond acceptors (Lipinski definition) is 6. The third-order valence-electron chi connectivity index (χ3n) is 16.5. The Kier molecular flexibility index (Phi) is 11.7. The van der Waals surface area contributed by atoms with Crippen LogP contribution in [0.25, 0.3) is 0 Å². The summed E-state index contributed by atoms with van der Waals surface area (Å²) in [5.74, 6) is 0.639. The second-order valence-electron chi connectivity index (χ2n) is 22.4. The van der Waals surface area contributed by atoms with Gasteiger partial charge in [-0.15, -0.1) is 0 Å². The minimum Gasteiger partial charge on any atom is -0.462 e. The van der Waals surface area contributed by atoms with Gasteiger partial charge in [0.1, 0.15) is 11.7 Å². The first kappa shape index (κ1) is 44.6. The van der Waals surface area contributed by atoms with E-state index in [1.54, 1.807) is 19.9 Å². The minimum absolute atomic E-state index is 0.00656. The number of fused-ring (bicyclic) bond motifs is 7. The molecule has 4 fully saturated rings. The van der Waals surface area contributed by atoms with Crippen LogP contribution in [0.1, 0.15) is 166 Å². The molecule has 0 saturated heterocycles. The number of carbonyl (C=O) groups excluding carboxylic acids is 4. The fourth-order valence-electron chi connectivity index (χ4n) is 13.4. The predicted molar refractivity (Wildman–Crippen MR) is 231 cm³/mol. The van der Waals surface area contributed by atoms with E-state index in [-0.39, 0.29) is 75.7 Å². The van der Waals surface area contributed by atoms with Crippen molar-refractivity contribution in [2.75, 3.05) is 0 Å². The number of Topliss-reactive ketones (excluding diaryl/α,β-unsaturated/α-hetero) is 1. The predicted octanol–water partition coefficient (Wildman–Crippen LogP) is 11.7. The molecule has 58 heavy (non-hydrogen) atoms. The molecule has 0 unspecified atom stereocenters. The van der Waals surface area contributed by atoms with E-state index in [0.29, 0.717) is 23.3 Å². The highest BCUT2D eigenvalue weighted by Crippen LogP contribution is 2.77. The van der Waals surface area contributed by atoms with E-state index in [2.05, 4.69) is 59.9 Å². The topological polar surface area (TPSA) is 98.8 Å². The van der Waals surface area contributed by atoms with Crippen LogP contribution in [0, 0.1) is 56.2 Å². The van der Waals surface area contributed by atoms with Crippen molar-refractivity contribution in [2.24, 2.45) is 56.2 Å². The van der Waals surface area contributed by atoms with E-state index < -0.39 is 16.4 Å². The number of nitrogens with one attached hydrogen (secondary N) is 1. The zero-order valence-electron chi connectivity index (χ0n) is 37.8. The monoisotopic (exact) mass is 818 g/mol. The SMILES string of the molecule is CC(C)C1=C2[C@H]3CC[C@@H]4[C@@]5(C)CC[C@H](OC(=O)CC(C)(C)C(=O)OC(C)(C)C)C(C)(C)[C@@H]5CC[C@@]4(C)[C@]3(C)CC[C@@]2(/C=C/C(=O)N[C@@H](C)c2ccc(Cl)cc2)CC1=O. The summed E-state index contributed by atoms with van der Waals surface area (Å²) >= 11 is 6.11. The van der Waals surface area contributed by atoms with Crippen molar-refractivity contribution in [3.05, 3.63) is 58.1 Å². The van der Waals surface area contributed by atoms with Gasteiger partial charge in [-0.2, -0.15) is 0 Å². The molecule has 5 aliphatic carbocycles. The number of rotatable bonds is 9. The lowest BCUT2D eigenvalue weighted by atomic mass is 9.33. The van der Waals surface area contributed by atoms with E-state index in [1.807, 2.05) is 52.0 Å². The van der Waals surface area contributed by atoms with Crippen LogP contribution in [0.3, 0.4) is 0 Å². The Hall–Kier alpha value is -2.93. The number of halogens is 1. The summed E-state index contributed by atoms with van der Waals surface area (Å²) in [7, 11) is 0. The molecular formula is C50H72ClNO6. The lowest BCUT2D eigenvalue weighted by molar-refractivity contribution is -0.232. The number of allylic oxidation sites excluding steroid dienone is 3. The molecule has 9 atom stereocenters. The molecule has 0 aliphatic heterocycles. The third-order valence-corrected chi connectivity index (χ3v) is 16.8. The van der Waals surface area contributed by atoms with Gasteiger partial charge >= 0.3 is 11.9 Å². The Balaban J connectivity index is 1.23. The minimum atomic E-state index is -0.983. The van der Waals surface area contributed by atoms with Crippen molar-refractivity contribution < 1.29 is 28.7 Å². The Labute approximate surface area is 354 Å². The number of ether oxygens (including phenoxy) is 2. The molecule has 8 heteroatoms. The average Bonchev–Trinajstić information content (AvgIpc) is 3.40. The lowest BCUT2D eigenvalue weighted by Gasteiger charge is -2.72. The third kappa shape index (κ3) is 7.66. The highest BCUT2D eigenvalue weighted by atomic mass is 35.5. The normalized spacial score (nSPS) is 35.1. The summed E-state index contributed by atoms with van der Waals surface area (Å²) in [4.78, 5) is 54.1. The molecule has 1 aromatic carbocycles. The summed E-state index contributed by atoms with van der Waals surface area (Å²) in [6, 6.07) is 7.38. The average molecular weight is 819 g/mol. The molecule has 0 aromatic heterocycles. The summed E-state index contributed by atoms with van der Waals surface area (Å²) in [6.45, 7) is 27.6. The van der Waals surface area contributed by atoms with Crippen LogP contribution in [0.5, 0.6) is 0 Å². The van der Waals surface area contributed by atoms with Crippen molar-refractivity contribution in [3.63, 3.8) is 0 Å². The van der Waals surface area contributed by atoms with E-state index >= 15 is 0 Å². The molecule has 0 bridgehead atoms. The van der Waals surface area contributed by atoms with Gasteiger partial charge in [0.05, 0.1) is 17.9 Å². The van der Waals surface area contributed by atoms with Crippen LogP contribution in [0.2, 0.25) is 5.02 Å². The maximum Gasteiger partial charge on any atom is 0.312 e. The van der Waals surface area contributed by atoms with Crippen molar-refractivity contribution in [3.8, 4) is 0 Å². The summed E-state index contributed by atoms with van der Waals surface area (Å²) in [5.41, 5.74) is 1.16. The molecule has 1 N–H and O–H groups in total. The molecule has 1 amide bonds. The van der Waals surface area contributed by atoms with Crippen molar-refractivity contribution in [1.82, 2.24) is 5.32 Å². The van der Waals surface area contributed by atoms with Gasteiger partial charge in [-0.3, -0.25) is 19.2 Å². The van der Waals surface area contributed by atoms with Gasteiger partial charge in [0.2, 0.25) is 5.91 Å². The van der Waals surface area contributed by atoms with E-state index in [4.69, 9.17) is 21.1 Å². The number of esters is 2. The Morgan fingerprint density at radius 2 is 1.52 bits per heavy atom. The number of ketones is 1. The second-order valence-corrected chi connectivity index (χ2v) is 22.8. The zero-order valence-corrected chi connectivity index (χ0v) is 38.6. The van der Waals surface area contributed by atoms with E-state index in [9.17, 15) is 19.2 Å². The highest BCUT2D eigenvalue weighted by Gasteiger charge is 2.70. The van der Waals surface area contributed by atoms with Gasteiger partial charge < -0.3 is 14.8 Å². The van der Waals surface area contributed by atoms with Crippen LogP contribution in [0.15, 0.2) is 47.6 Å². The van der Waals surface area contributed by atoms with Gasteiger partial charge in [0.15, 0.2) is 5.78 Å². The van der Waals surface area contributed by atoms with Crippen molar-refractivity contribution >= 4 is 35.2 Å². The first-order valence-electron chi connectivity index (χ1n) is 22.2. The summed E-state index contributed by atoms with van der Waals surface area (Å²) in [6.07, 6.45) is 12.0. The van der Waals surface area contributed by atoms with Gasteiger partial charge in [-0.1, -0.05) is 78.3 Å². The fraction of sp³-hybridized carbons (Fsp3) is 0.720. The van der Waals surface area contributed by atoms with Crippen LogP contribution in [-0.4, -0.2) is 35.3 Å². The number of amides is 1. The molecule has 7 nitrogen and oxygen atoms in total. The van der Waals surface area contributed by atoms with Gasteiger partial charge in [-0.25, -0.2) is 0 Å². The molecule has 4 saturated carbocycles. The molecule has 6 rings (SSSR count). The number of hydrogen-bond donors (Lipinski definition) is 1. The zero-order chi connectivity index (χ0) is 43.0. The Morgan fingerprint density at radius 1 is 0.862 bits per heavy atom. The van der Waals surface area contributed by atoms with Crippen LogP contribution in [0.4, 0.5) is 0 Å². The van der Waals surface area contributed by atoms with Gasteiger partial charge in [-0.05, 0) is 168 Å². The Bertz CT molecular complexity index is 1870. The van der Waals surface area contributed by atoms with E-state index in [0.717, 1.165) is 62.5 Å². The first-order chi connectivity index (χ1) is 26.7. The van der Waals surface area contributed by atoms with E-state index in [1.165, 1.54) is 5.57 Å². The second kappa shape index (κ2) is 15.2. The molecule has 0 spiro atoms. The highest BCUT2D eigenvalue weighted by molar-refractivity contribution is 6.30. The number of carbonyl (C=O) groups is 4. The molecule has 0 heterocycles. The number of benzene rings is 1. The van der Waals surface area contributed by atoms with Crippen LogP contribution >= 0.6 is 11.6 Å². The van der Waals surface area contributed by atoms with Gasteiger partial charge in [0, 0.05) is 22.3 Å². The van der Waals surface area contributed by atoms with Crippen molar-refractivity contribution in [1.29, 1.82) is 0 Å². The maximum atomic E-state index is 14.1. The fourth-order valence-corrected chi connectivity index (χ4v) is 13.6. The largest absolute Gasteiger partial charge is 0.462 e. The molecule has 0 radical (unpaired) electrons. The van der Waals surface area contributed by atoms with Crippen LogP contribution in [-0.2, 0) is 28.7 Å². The smallest absolute Gasteiger partial charge is 0.312 e. The molecule has 5 aliphatic rings. The molecular weight excluding hydrogens is 746 g/mol. The van der Waals surface area contributed by atoms with Crippen LogP contribution < -0.4 is 5.32 Å². The summed E-state index contributed by atoms with van der Waals surface area (Å²) < 4.78 is 12.0. The Morgan fingerprint density at radius 3 is 2.14 bits per heavy atom. The quantitative estimate of drug-likeness (QED) is 0.197.